The van der Waals surface area contributed by atoms with Crippen LogP contribution in [-0.2, 0) is 16.1 Å². The van der Waals surface area contributed by atoms with Crippen LogP contribution >= 0.6 is 0 Å². The van der Waals surface area contributed by atoms with Gasteiger partial charge in [0.15, 0.2) is 0 Å². The van der Waals surface area contributed by atoms with E-state index in [1.54, 1.807) is 13.0 Å². The fourth-order valence-corrected chi connectivity index (χ4v) is 3.09. The third kappa shape index (κ3) is 6.35. The normalized spacial score (nSPS) is 17.9. The number of carbonyl (C=O) groups excluding carboxylic acids is 2. The summed E-state index contributed by atoms with van der Waals surface area (Å²) in [6, 6.07) is 5.31. The number of carbonyl (C=O) groups is 2. The number of hydrogen-bond donors (Lipinski definition) is 2. The lowest BCUT2D eigenvalue weighted by Crippen LogP contribution is -2.48. The van der Waals surface area contributed by atoms with Crippen molar-refractivity contribution in [1.29, 1.82) is 5.26 Å². The molecule has 1 aliphatic rings. The smallest absolute Gasteiger partial charge is 0.405 e. The first-order valence-electron chi connectivity index (χ1n) is 9.18. The molecule has 0 aromatic heterocycles. The molecule has 2 atom stereocenters. The molecule has 1 saturated heterocycles. The number of aliphatic hydroxyl groups excluding tert-OH is 1. The highest BCUT2D eigenvalue weighted by atomic mass is 19.4. The van der Waals surface area contributed by atoms with Gasteiger partial charge in [-0.15, -0.1) is 13.2 Å². The standard InChI is InChI=1S/C19H22F3N3O4/c1-2-15(26)18(28)25-7-3-4-14(11-25)17(27)24-10-13-6-5-12(9-23)8-16(13)29-19(20,21)22/h5-6,8,14-15,26H,2-4,7,10-11H2,1H3,(H,24,27). The summed E-state index contributed by atoms with van der Waals surface area (Å²) < 4.78 is 41.8. The molecule has 2 unspecified atom stereocenters. The second-order valence-corrected chi connectivity index (χ2v) is 6.75. The van der Waals surface area contributed by atoms with Crippen LogP contribution < -0.4 is 10.1 Å². The van der Waals surface area contributed by atoms with Gasteiger partial charge in [0.1, 0.15) is 11.9 Å². The van der Waals surface area contributed by atoms with E-state index in [2.05, 4.69) is 10.1 Å². The van der Waals surface area contributed by atoms with Crippen molar-refractivity contribution < 1.29 is 32.6 Å². The topological polar surface area (TPSA) is 103 Å². The molecule has 1 heterocycles. The zero-order valence-electron chi connectivity index (χ0n) is 15.8. The lowest BCUT2D eigenvalue weighted by Gasteiger charge is -2.33. The van der Waals surface area contributed by atoms with Gasteiger partial charge >= 0.3 is 6.36 Å². The van der Waals surface area contributed by atoms with Gasteiger partial charge in [-0.2, -0.15) is 5.26 Å². The molecule has 0 bridgehead atoms. The van der Waals surface area contributed by atoms with Crippen molar-refractivity contribution in [2.75, 3.05) is 13.1 Å². The summed E-state index contributed by atoms with van der Waals surface area (Å²) >= 11 is 0. The second kappa shape index (κ2) is 9.60. The van der Waals surface area contributed by atoms with Gasteiger partial charge in [-0.3, -0.25) is 9.59 Å². The molecule has 7 nitrogen and oxygen atoms in total. The number of hydrogen-bond acceptors (Lipinski definition) is 5. The summed E-state index contributed by atoms with van der Waals surface area (Å²) in [4.78, 5) is 26.0. The van der Waals surface area contributed by atoms with Crippen molar-refractivity contribution >= 4 is 11.8 Å². The monoisotopic (exact) mass is 413 g/mol. The molecule has 2 amide bonds. The Morgan fingerprint density at radius 1 is 1.45 bits per heavy atom. The Morgan fingerprint density at radius 2 is 2.17 bits per heavy atom. The molecule has 2 rings (SSSR count). The molecule has 1 aromatic rings. The van der Waals surface area contributed by atoms with Gasteiger partial charge in [-0.05, 0) is 31.4 Å². The number of nitriles is 1. The molecule has 29 heavy (non-hydrogen) atoms. The Labute approximate surface area is 166 Å². The summed E-state index contributed by atoms with van der Waals surface area (Å²) in [5.41, 5.74) is 0.0649. The van der Waals surface area contributed by atoms with Gasteiger partial charge in [0.05, 0.1) is 17.6 Å². The van der Waals surface area contributed by atoms with E-state index in [4.69, 9.17) is 5.26 Å². The maximum Gasteiger partial charge on any atom is 0.573 e. The Kier molecular flexibility index (Phi) is 7.45. The molecule has 1 aliphatic heterocycles. The predicted molar refractivity (Wildman–Crippen MR) is 95.3 cm³/mol. The van der Waals surface area contributed by atoms with Crippen LogP contribution in [0.5, 0.6) is 5.75 Å². The maximum atomic E-state index is 12.6. The van der Waals surface area contributed by atoms with Gasteiger partial charge in [-0.25, -0.2) is 0 Å². The number of nitrogens with zero attached hydrogens (tertiary/aromatic N) is 2. The molecule has 1 fully saturated rings. The molecule has 1 aromatic carbocycles. The van der Waals surface area contributed by atoms with Crippen molar-refractivity contribution in [1.82, 2.24) is 10.2 Å². The van der Waals surface area contributed by atoms with Crippen molar-refractivity contribution in [2.24, 2.45) is 5.92 Å². The molecule has 0 spiro atoms. The Morgan fingerprint density at radius 3 is 2.79 bits per heavy atom. The van der Waals surface area contributed by atoms with Crippen LogP contribution in [0.2, 0.25) is 0 Å². The SMILES string of the molecule is CCC(O)C(=O)N1CCCC(C(=O)NCc2ccc(C#N)cc2OC(F)(F)F)C1. The van der Waals surface area contributed by atoms with E-state index in [1.165, 1.54) is 17.0 Å². The number of nitrogens with one attached hydrogen (secondary N) is 1. The van der Waals surface area contributed by atoms with Crippen molar-refractivity contribution in [3.05, 3.63) is 29.3 Å². The summed E-state index contributed by atoms with van der Waals surface area (Å²) in [5, 5.41) is 21.1. The minimum Gasteiger partial charge on any atom is -0.405 e. The molecule has 0 aliphatic carbocycles. The molecular formula is C19H22F3N3O4. The number of amides is 2. The van der Waals surface area contributed by atoms with E-state index >= 15 is 0 Å². The van der Waals surface area contributed by atoms with E-state index in [0.29, 0.717) is 19.4 Å². The molecular weight excluding hydrogens is 391 g/mol. The summed E-state index contributed by atoms with van der Waals surface area (Å²) in [6.45, 7) is 2.03. The van der Waals surface area contributed by atoms with E-state index in [9.17, 15) is 27.9 Å². The lowest BCUT2D eigenvalue weighted by molar-refractivity contribution is -0.274. The Hall–Kier alpha value is -2.80. The summed E-state index contributed by atoms with van der Waals surface area (Å²) in [6.07, 6.45) is -4.67. The van der Waals surface area contributed by atoms with Crippen LogP contribution in [0.4, 0.5) is 13.2 Å². The largest absolute Gasteiger partial charge is 0.573 e. The second-order valence-electron chi connectivity index (χ2n) is 6.75. The summed E-state index contributed by atoms with van der Waals surface area (Å²) in [7, 11) is 0. The molecule has 10 heteroatoms. The number of piperidine rings is 1. The predicted octanol–water partition coefficient (Wildman–Crippen LogP) is 2.08. The van der Waals surface area contributed by atoms with Crippen molar-refractivity contribution in [2.45, 2.75) is 45.2 Å². The van der Waals surface area contributed by atoms with E-state index < -0.39 is 35.9 Å². The Bertz CT molecular complexity index is 792. The van der Waals surface area contributed by atoms with Gasteiger partial charge in [0.25, 0.3) is 5.91 Å². The van der Waals surface area contributed by atoms with Crippen molar-refractivity contribution in [3.63, 3.8) is 0 Å². The van der Waals surface area contributed by atoms with E-state index in [1.807, 2.05) is 0 Å². The number of ether oxygens (including phenoxy) is 1. The number of likely N-dealkylation sites (tertiary alicyclic amines) is 1. The van der Waals surface area contributed by atoms with E-state index in [-0.39, 0.29) is 30.6 Å². The molecule has 0 radical (unpaired) electrons. The highest BCUT2D eigenvalue weighted by molar-refractivity contribution is 5.83. The number of benzene rings is 1. The van der Waals surface area contributed by atoms with Crippen LogP contribution in [0.25, 0.3) is 0 Å². The first kappa shape index (κ1) is 22.5. The third-order valence-electron chi connectivity index (χ3n) is 4.65. The quantitative estimate of drug-likeness (QED) is 0.744. The highest BCUT2D eigenvalue weighted by Gasteiger charge is 2.33. The zero-order chi connectivity index (χ0) is 21.6. The molecule has 2 N–H and O–H groups in total. The summed E-state index contributed by atoms with van der Waals surface area (Å²) in [5.74, 6) is -1.92. The molecule has 0 saturated carbocycles. The highest BCUT2D eigenvalue weighted by Crippen LogP contribution is 2.28. The minimum absolute atomic E-state index is 0.00440. The number of halogens is 3. The number of aliphatic hydroxyl groups is 1. The Balaban J connectivity index is 2.03. The zero-order valence-corrected chi connectivity index (χ0v) is 15.8. The number of alkyl halides is 3. The van der Waals surface area contributed by atoms with Crippen LogP contribution in [0.3, 0.4) is 0 Å². The van der Waals surface area contributed by atoms with Gasteiger partial charge in [-0.1, -0.05) is 13.0 Å². The first-order chi connectivity index (χ1) is 13.6. The van der Waals surface area contributed by atoms with Crippen LogP contribution in [0.15, 0.2) is 18.2 Å². The van der Waals surface area contributed by atoms with Gasteiger partial charge in [0, 0.05) is 25.2 Å². The first-order valence-corrected chi connectivity index (χ1v) is 9.18. The van der Waals surface area contributed by atoms with Crippen molar-refractivity contribution in [3.8, 4) is 11.8 Å². The average molecular weight is 413 g/mol. The van der Waals surface area contributed by atoms with Gasteiger partial charge in [0.2, 0.25) is 5.91 Å². The fraction of sp³-hybridized carbons (Fsp3) is 0.526. The minimum atomic E-state index is -4.93. The van der Waals surface area contributed by atoms with Crippen LogP contribution in [-0.4, -0.2) is 47.4 Å². The van der Waals surface area contributed by atoms with Gasteiger partial charge < -0.3 is 20.1 Å². The van der Waals surface area contributed by atoms with Crippen LogP contribution in [0.1, 0.15) is 37.3 Å². The number of rotatable bonds is 6. The molecule has 158 valence electrons. The third-order valence-corrected chi connectivity index (χ3v) is 4.65. The van der Waals surface area contributed by atoms with Crippen LogP contribution in [0, 0.1) is 17.2 Å². The maximum absolute atomic E-state index is 12.6. The average Bonchev–Trinajstić information content (AvgIpc) is 2.70. The fourth-order valence-electron chi connectivity index (χ4n) is 3.09. The lowest BCUT2D eigenvalue weighted by atomic mass is 9.96. The van der Waals surface area contributed by atoms with E-state index in [0.717, 1.165) is 6.07 Å².